The molecule has 0 aliphatic heterocycles. The largest absolute Gasteiger partial charge is 0.323 e. The Bertz CT molecular complexity index is 1170. The van der Waals surface area contributed by atoms with Gasteiger partial charge in [0, 0.05) is 29.8 Å². The molecule has 0 aliphatic carbocycles. The van der Waals surface area contributed by atoms with Crippen molar-refractivity contribution in [3.8, 4) is 11.3 Å². The van der Waals surface area contributed by atoms with Gasteiger partial charge in [-0.15, -0.1) is 5.10 Å². The summed E-state index contributed by atoms with van der Waals surface area (Å²) in [6, 6.07) is 11.6. The number of nitrogens with two attached hydrogens (primary N) is 1. The maximum Gasteiger partial charge on any atom is 0.254 e. The van der Waals surface area contributed by atoms with Gasteiger partial charge >= 0.3 is 0 Å². The fraction of sp³-hybridized carbons (Fsp3) is 0. The van der Waals surface area contributed by atoms with E-state index in [2.05, 4.69) is 25.4 Å². The lowest BCUT2D eigenvalue weighted by atomic mass is 10.2. The van der Waals surface area contributed by atoms with Crippen molar-refractivity contribution in [2.24, 2.45) is 5.14 Å². The van der Waals surface area contributed by atoms with Crippen LogP contribution in [-0.2, 0) is 10.0 Å². The molecular formula is C16H13N7O2S. The van der Waals surface area contributed by atoms with Crippen molar-refractivity contribution in [2.75, 3.05) is 5.32 Å². The van der Waals surface area contributed by atoms with Crippen LogP contribution in [0.1, 0.15) is 0 Å². The molecule has 0 unspecified atom stereocenters. The number of anilines is 2. The van der Waals surface area contributed by atoms with Crippen LogP contribution in [0.5, 0.6) is 0 Å². The zero-order chi connectivity index (χ0) is 18.1. The summed E-state index contributed by atoms with van der Waals surface area (Å²) in [4.78, 5) is 12.7. The Hall–Kier alpha value is -3.37. The third kappa shape index (κ3) is 3.10. The van der Waals surface area contributed by atoms with E-state index < -0.39 is 10.0 Å². The minimum absolute atomic E-state index is 0.0338. The summed E-state index contributed by atoms with van der Waals surface area (Å²) in [5, 5.41) is 12.5. The lowest BCUT2D eigenvalue weighted by Gasteiger charge is -2.03. The van der Waals surface area contributed by atoms with Crippen molar-refractivity contribution < 1.29 is 8.42 Å². The molecule has 0 spiro atoms. The number of primary sulfonamides is 1. The van der Waals surface area contributed by atoms with Gasteiger partial charge in [0.05, 0.1) is 10.6 Å². The first-order valence-electron chi connectivity index (χ1n) is 7.53. The van der Waals surface area contributed by atoms with E-state index in [9.17, 15) is 8.42 Å². The van der Waals surface area contributed by atoms with Crippen molar-refractivity contribution in [3.63, 3.8) is 0 Å². The highest BCUT2D eigenvalue weighted by atomic mass is 32.2. The van der Waals surface area contributed by atoms with Gasteiger partial charge in [0.15, 0.2) is 0 Å². The van der Waals surface area contributed by atoms with Crippen molar-refractivity contribution >= 4 is 27.4 Å². The van der Waals surface area contributed by atoms with Gasteiger partial charge in [-0.2, -0.15) is 9.50 Å². The molecule has 130 valence electrons. The van der Waals surface area contributed by atoms with Crippen molar-refractivity contribution in [1.82, 2.24) is 24.6 Å². The molecule has 9 nitrogen and oxygen atoms in total. The van der Waals surface area contributed by atoms with E-state index in [1.807, 2.05) is 18.2 Å². The molecule has 0 amide bonds. The number of sulfonamides is 1. The molecule has 4 rings (SSSR count). The lowest BCUT2D eigenvalue weighted by molar-refractivity contribution is 0.598. The van der Waals surface area contributed by atoms with Crippen LogP contribution in [0.3, 0.4) is 0 Å². The quantitative estimate of drug-likeness (QED) is 0.560. The molecule has 10 heteroatoms. The number of nitrogens with one attached hydrogen (secondary N) is 1. The highest BCUT2D eigenvalue weighted by molar-refractivity contribution is 7.89. The minimum atomic E-state index is -3.73. The maximum absolute atomic E-state index is 11.3. The second kappa shape index (κ2) is 6.17. The molecule has 0 saturated carbocycles. The third-order valence-electron chi connectivity index (χ3n) is 3.64. The second-order valence-corrected chi connectivity index (χ2v) is 6.97. The van der Waals surface area contributed by atoms with Gasteiger partial charge in [-0.3, -0.25) is 4.98 Å². The molecule has 0 aliphatic rings. The average Bonchev–Trinajstić information content (AvgIpc) is 3.04. The van der Waals surface area contributed by atoms with Gasteiger partial charge in [-0.1, -0.05) is 0 Å². The fourth-order valence-electron chi connectivity index (χ4n) is 2.44. The molecule has 0 fully saturated rings. The number of nitrogens with zero attached hydrogens (tertiary/aromatic N) is 5. The molecule has 1 aromatic carbocycles. The topological polar surface area (TPSA) is 128 Å². The zero-order valence-corrected chi connectivity index (χ0v) is 14.1. The van der Waals surface area contributed by atoms with Crippen LogP contribution in [0, 0.1) is 0 Å². The van der Waals surface area contributed by atoms with Crippen molar-refractivity contribution in [3.05, 3.63) is 61.1 Å². The molecule has 3 heterocycles. The number of benzene rings is 1. The maximum atomic E-state index is 11.3. The molecule has 3 N–H and O–H groups in total. The third-order valence-corrected chi connectivity index (χ3v) is 4.57. The Morgan fingerprint density at radius 1 is 1.04 bits per heavy atom. The van der Waals surface area contributed by atoms with E-state index in [1.54, 1.807) is 35.2 Å². The van der Waals surface area contributed by atoms with Crippen LogP contribution < -0.4 is 10.5 Å². The number of fused-ring (bicyclic) bond motifs is 1. The Kier molecular flexibility index (Phi) is 3.82. The van der Waals surface area contributed by atoms with Gasteiger partial charge in [0.25, 0.3) is 5.78 Å². The fourth-order valence-corrected chi connectivity index (χ4v) is 2.95. The smallest absolute Gasteiger partial charge is 0.254 e. The normalized spacial score (nSPS) is 11.6. The van der Waals surface area contributed by atoms with Gasteiger partial charge < -0.3 is 5.32 Å². The molecular weight excluding hydrogens is 354 g/mol. The van der Waals surface area contributed by atoms with Crippen LogP contribution in [0.2, 0.25) is 0 Å². The number of pyridine rings is 1. The van der Waals surface area contributed by atoms with Gasteiger partial charge in [0.1, 0.15) is 0 Å². The predicted octanol–water partition coefficient (Wildman–Crippen LogP) is 1.58. The number of rotatable bonds is 4. The minimum Gasteiger partial charge on any atom is -0.323 e. The SMILES string of the molecule is NS(=O)(=O)c1ccc(Nc2nc3nccc(-c4cccnc4)n3n2)cc1. The first-order chi connectivity index (χ1) is 12.5. The molecule has 3 aromatic heterocycles. The van der Waals surface area contributed by atoms with E-state index in [1.165, 1.54) is 12.1 Å². The van der Waals surface area contributed by atoms with E-state index in [-0.39, 0.29) is 4.90 Å². The predicted molar refractivity (Wildman–Crippen MR) is 95.1 cm³/mol. The summed E-state index contributed by atoms with van der Waals surface area (Å²) < 4.78 is 24.2. The summed E-state index contributed by atoms with van der Waals surface area (Å²) in [6.45, 7) is 0. The number of aromatic nitrogens is 5. The number of hydrogen-bond donors (Lipinski definition) is 2. The van der Waals surface area contributed by atoms with Crippen molar-refractivity contribution in [1.29, 1.82) is 0 Å². The van der Waals surface area contributed by atoms with Gasteiger partial charge in [0.2, 0.25) is 16.0 Å². The molecule has 0 bridgehead atoms. The zero-order valence-electron chi connectivity index (χ0n) is 13.3. The number of hydrogen-bond acceptors (Lipinski definition) is 7. The molecule has 0 atom stereocenters. The summed E-state index contributed by atoms with van der Waals surface area (Å²) in [5.41, 5.74) is 2.30. The van der Waals surface area contributed by atoms with E-state index in [0.717, 1.165) is 11.3 Å². The summed E-state index contributed by atoms with van der Waals surface area (Å²) in [6.07, 6.45) is 5.08. The van der Waals surface area contributed by atoms with Crippen LogP contribution >= 0.6 is 0 Å². The first kappa shape index (κ1) is 16.1. The summed E-state index contributed by atoms with van der Waals surface area (Å²) in [5.74, 6) is 0.757. The highest BCUT2D eigenvalue weighted by Gasteiger charge is 2.11. The van der Waals surface area contributed by atoms with Gasteiger partial charge in [-0.25, -0.2) is 18.5 Å². The molecule has 26 heavy (non-hydrogen) atoms. The molecule has 4 aromatic rings. The van der Waals surface area contributed by atoms with Crippen LogP contribution in [-0.4, -0.2) is 33.0 Å². The summed E-state index contributed by atoms with van der Waals surface area (Å²) >= 11 is 0. The molecule has 0 saturated heterocycles. The second-order valence-electron chi connectivity index (χ2n) is 5.41. The van der Waals surface area contributed by atoms with Crippen LogP contribution in [0.4, 0.5) is 11.6 Å². The van der Waals surface area contributed by atoms with Gasteiger partial charge in [-0.05, 0) is 42.5 Å². The average molecular weight is 367 g/mol. The van der Waals surface area contributed by atoms with E-state index in [0.29, 0.717) is 17.4 Å². The highest BCUT2D eigenvalue weighted by Crippen LogP contribution is 2.20. The lowest BCUT2D eigenvalue weighted by Crippen LogP contribution is -2.11. The Morgan fingerprint density at radius 2 is 1.85 bits per heavy atom. The van der Waals surface area contributed by atoms with Crippen LogP contribution in [0.15, 0.2) is 66.0 Å². The van der Waals surface area contributed by atoms with Crippen LogP contribution in [0.25, 0.3) is 17.0 Å². The Labute approximate surface area is 148 Å². The first-order valence-corrected chi connectivity index (χ1v) is 9.07. The standard InChI is InChI=1S/C16H13N7O2S/c17-26(24,25)13-5-3-12(4-6-13)20-15-21-16-19-9-7-14(23(16)22-15)11-2-1-8-18-10-11/h1-10H,(H,20,22)(H2,17,24,25). The summed E-state index contributed by atoms with van der Waals surface area (Å²) in [7, 11) is -3.73. The van der Waals surface area contributed by atoms with E-state index in [4.69, 9.17) is 5.14 Å². The monoisotopic (exact) mass is 367 g/mol. The molecule has 0 radical (unpaired) electrons. The van der Waals surface area contributed by atoms with Crippen molar-refractivity contribution in [2.45, 2.75) is 4.90 Å². The Balaban J connectivity index is 1.68. The van der Waals surface area contributed by atoms with E-state index >= 15 is 0 Å². The Morgan fingerprint density at radius 3 is 2.54 bits per heavy atom.